The van der Waals surface area contributed by atoms with Gasteiger partial charge in [-0.2, -0.15) is 0 Å². The fourth-order valence-electron chi connectivity index (χ4n) is 1.15. The van der Waals surface area contributed by atoms with Gasteiger partial charge in [0, 0.05) is 0 Å². The summed E-state index contributed by atoms with van der Waals surface area (Å²) in [6.07, 6.45) is 0. The van der Waals surface area contributed by atoms with Crippen LogP contribution in [0.1, 0.15) is 16.7 Å². The van der Waals surface area contributed by atoms with Gasteiger partial charge in [-0.1, -0.05) is 23.8 Å². The summed E-state index contributed by atoms with van der Waals surface area (Å²) in [5, 5.41) is 0. The molecule has 0 heterocycles. The first-order chi connectivity index (χ1) is 5.88. The predicted molar refractivity (Wildman–Crippen MR) is 49.3 cm³/mol. The van der Waals surface area contributed by atoms with Crippen molar-refractivity contribution in [2.45, 2.75) is 19.6 Å². The summed E-state index contributed by atoms with van der Waals surface area (Å²) in [7, 11) is -4.17. The van der Waals surface area contributed by atoms with Crippen molar-refractivity contribution in [2.24, 2.45) is 0 Å². The zero-order chi connectivity index (χ0) is 10.1. The molecule has 0 N–H and O–H groups in total. The van der Waals surface area contributed by atoms with Crippen LogP contribution < -0.4 is 0 Å². The first-order valence-corrected chi connectivity index (χ1v) is 5.46. The summed E-state index contributed by atoms with van der Waals surface area (Å²) in [6, 6.07) is 5.43. The Labute approximate surface area is 78.2 Å². The van der Waals surface area contributed by atoms with Gasteiger partial charge in [-0.15, -0.1) is 0 Å². The van der Waals surface area contributed by atoms with E-state index in [0.29, 0.717) is 5.56 Å². The van der Waals surface area contributed by atoms with E-state index in [9.17, 15) is 13.0 Å². The van der Waals surface area contributed by atoms with Crippen molar-refractivity contribution in [1.29, 1.82) is 0 Å². The van der Waals surface area contributed by atoms with Crippen LogP contribution in [0.25, 0.3) is 0 Å². The van der Waals surface area contributed by atoms with Crippen LogP contribution in [-0.2, 0) is 15.9 Å². The Morgan fingerprint density at radius 2 is 1.92 bits per heavy atom. The maximum atomic E-state index is 10.5. The minimum atomic E-state index is -4.17. The van der Waals surface area contributed by atoms with Crippen LogP contribution in [0.3, 0.4) is 0 Å². The van der Waals surface area contributed by atoms with Crippen LogP contribution in [0.2, 0.25) is 0 Å². The van der Waals surface area contributed by atoms with Crippen molar-refractivity contribution < 1.29 is 13.0 Å². The van der Waals surface area contributed by atoms with Crippen molar-refractivity contribution in [3.63, 3.8) is 0 Å². The largest absolute Gasteiger partial charge is 0.748 e. The molecule has 0 radical (unpaired) electrons. The normalized spacial score (nSPS) is 11.6. The molecule has 0 aliphatic heterocycles. The van der Waals surface area contributed by atoms with Crippen molar-refractivity contribution in [1.82, 2.24) is 0 Å². The zero-order valence-electron chi connectivity index (χ0n) is 7.57. The summed E-state index contributed by atoms with van der Waals surface area (Å²) in [6.45, 7) is 3.65. The van der Waals surface area contributed by atoms with E-state index >= 15 is 0 Å². The minimum Gasteiger partial charge on any atom is -0.748 e. The van der Waals surface area contributed by atoms with E-state index in [2.05, 4.69) is 0 Å². The highest BCUT2D eigenvalue weighted by atomic mass is 32.2. The van der Waals surface area contributed by atoms with Gasteiger partial charge in [0.15, 0.2) is 0 Å². The molecule has 1 aromatic carbocycles. The van der Waals surface area contributed by atoms with Crippen molar-refractivity contribution in [3.8, 4) is 0 Å². The topological polar surface area (TPSA) is 57.2 Å². The summed E-state index contributed by atoms with van der Waals surface area (Å²) in [5.74, 6) is -0.416. The summed E-state index contributed by atoms with van der Waals surface area (Å²) >= 11 is 0. The Balaban J connectivity index is 3.08. The quantitative estimate of drug-likeness (QED) is 0.675. The molecule has 0 unspecified atom stereocenters. The van der Waals surface area contributed by atoms with E-state index < -0.39 is 15.9 Å². The molecule has 0 aromatic heterocycles. The molecule has 1 aromatic rings. The highest BCUT2D eigenvalue weighted by Crippen LogP contribution is 2.13. The standard InChI is InChI=1S/C9H12O3S/c1-7-3-4-8(2)9(5-7)6-13(10,11)12/h3-5H,6H2,1-2H3,(H,10,11,12)/p-1. The molecule has 0 saturated carbocycles. The second-order valence-corrected chi connectivity index (χ2v) is 4.54. The molecule has 3 nitrogen and oxygen atoms in total. The average Bonchev–Trinajstić information content (AvgIpc) is 1.94. The Morgan fingerprint density at radius 3 is 2.46 bits per heavy atom. The van der Waals surface area contributed by atoms with E-state index in [4.69, 9.17) is 0 Å². The van der Waals surface area contributed by atoms with E-state index in [1.807, 2.05) is 19.1 Å². The fourth-order valence-corrected chi connectivity index (χ4v) is 1.84. The lowest BCUT2D eigenvalue weighted by molar-refractivity contribution is 0.462. The lowest BCUT2D eigenvalue weighted by atomic mass is 10.1. The zero-order valence-corrected chi connectivity index (χ0v) is 8.39. The van der Waals surface area contributed by atoms with Crippen LogP contribution in [0.15, 0.2) is 18.2 Å². The summed E-state index contributed by atoms with van der Waals surface area (Å²) in [5.41, 5.74) is 2.39. The smallest absolute Gasteiger partial charge is 0.0988 e. The number of hydrogen-bond donors (Lipinski definition) is 0. The second-order valence-electron chi connectivity index (χ2n) is 3.13. The summed E-state index contributed by atoms with van der Waals surface area (Å²) < 4.78 is 31.5. The molecule has 0 saturated heterocycles. The molecular weight excluding hydrogens is 188 g/mol. The highest BCUT2D eigenvalue weighted by molar-refractivity contribution is 7.84. The molecule has 1 rings (SSSR count). The lowest BCUT2D eigenvalue weighted by Crippen LogP contribution is -2.03. The third-order valence-corrected chi connectivity index (χ3v) is 2.50. The van der Waals surface area contributed by atoms with Gasteiger partial charge in [-0.3, -0.25) is 0 Å². The molecule has 4 heteroatoms. The predicted octanol–water partition coefficient (Wildman–Crippen LogP) is 1.35. The molecule has 0 aliphatic carbocycles. The van der Waals surface area contributed by atoms with Gasteiger partial charge >= 0.3 is 0 Å². The van der Waals surface area contributed by atoms with Crippen LogP contribution >= 0.6 is 0 Å². The lowest BCUT2D eigenvalue weighted by Gasteiger charge is -2.09. The van der Waals surface area contributed by atoms with Crippen LogP contribution in [-0.4, -0.2) is 13.0 Å². The van der Waals surface area contributed by atoms with Gasteiger partial charge in [-0.05, 0) is 25.0 Å². The minimum absolute atomic E-state index is 0.416. The molecule has 0 amide bonds. The van der Waals surface area contributed by atoms with Crippen LogP contribution in [0.4, 0.5) is 0 Å². The van der Waals surface area contributed by atoms with Gasteiger partial charge in [0.2, 0.25) is 0 Å². The molecular formula is C9H11O3S-. The van der Waals surface area contributed by atoms with Crippen LogP contribution in [0.5, 0.6) is 0 Å². The van der Waals surface area contributed by atoms with Gasteiger partial charge < -0.3 is 4.55 Å². The van der Waals surface area contributed by atoms with E-state index in [-0.39, 0.29) is 0 Å². The Hall–Kier alpha value is -0.870. The maximum absolute atomic E-state index is 10.5. The Bertz CT molecular complexity index is 407. The van der Waals surface area contributed by atoms with Gasteiger partial charge in [0.1, 0.15) is 0 Å². The Morgan fingerprint density at radius 1 is 1.31 bits per heavy atom. The van der Waals surface area contributed by atoms with Gasteiger partial charge in [0.25, 0.3) is 0 Å². The second kappa shape index (κ2) is 3.47. The number of hydrogen-bond acceptors (Lipinski definition) is 3. The van der Waals surface area contributed by atoms with Gasteiger partial charge in [-0.25, -0.2) is 8.42 Å². The van der Waals surface area contributed by atoms with E-state index in [1.165, 1.54) is 0 Å². The van der Waals surface area contributed by atoms with Crippen LogP contribution in [0, 0.1) is 13.8 Å². The van der Waals surface area contributed by atoms with Gasteiger partial charge in [0.05, 0.1) is 15.9 Å². The molecule has 0 fully saturated rings. The monoisotopic (exact) mass is 199 g/mol. The molecule has 0 atom stereocenters. The molecule has 13 heavy (non-hydrogen) atoms. The van der Waals surface area contributed by atoms with E-state index in [1.54, 1.807) is 13.0 Å². The van der Waals surface area contributed by atoms with Crippen molar-refractivity contribution in [2.75, 3.05) is 0 Å². The number of benzene rings is 1. The molecule has 0 spiro atoms. The number of rotatable bonds is 2. The fraction of sp³-hybridized carbons (Fsp3) is 0.333. The number of aryl methyl sites for hydroxylation is 2. The highest BCUT2D eigenvalue weighted by Gasteiger charge is 2.02. The van der Waals surface area contributed by atoms with E-state index in [0.717, 1.165) is 11.1 Å². The summed E-state index contributed by atoms with van der Waals surface area (Å²) in [4.78, 5) is 0. The first kappa shape index (κ1) is 10.2. The maximum Gasteiger partial charge on any atom is 0.0988 e. The third kappa shape index (κ3) is 3.16. The van der Waals surface area contributed by atoms with Crippen molar-refractivity contribution in [3.05, 3.63) is 34.9 Å². The molecule has 0 aliphatic rings. The van der Waals surface area contributed by atoms with Crippen molar-refractivity contribution >= 4 is 10.1 Å². The first-order valence-electron chi connectivity index (χ1n) is 3.88. The third-order valence-electron chi connectivity index (χ3n) is 1.84. The molecule has 0 bridgehead atoms. The molecule has 72 valence electrons. The average molecular weight is 199 g/mol. The Kier molecular flexibility index (Phi) is 2.73. The SMILES string of the molecule is Cc1ccc(C)c(CS(=O)(=O)[O-])c1.